The molecule has 1 aliphatic heterocycles. The van der Waals surface area contributed by atoms with Crippen molar-refractivity contribution in [3.05, 3.63) is 46.5 Å². The van der Waals surface area contributed by atoms with Crippen LogP contribution < -0.4 is 5.32 Å². The Bertz CT molecular complexity index is 680. The summed E-state index contributed by atoms with van der Waals surface area (Å²) in [6.07, 6.45) is 9.21. The van der Waals surface area contributed by atoms with Crippen molar-refractivity contribution in [3.8, 4) is 0 Å². The predicted octanol–water partition coefficient (Wildman–Crippen LogP) is 4.57. The van der Waals surface area contributed by atoms with Gasteiger partial charge in [0.25, 0.3) is 0 Å². The number of rotatable bonds is 6. The van der Waals surface area contributed by atoms with Crippen LogP contribution in [0.15, 0.2) is 45.3 Å². The van der Waals surface area contributed by atoms with Gasteiger partial charge in [-0.2, -0.15) is 0 Å². The number of hydrogen-bond acceptors (Lipinski definition) is 3. The normalized spacial score (nSPS) is 18.6. The molecular weight excluding hydrogens is 457 g/mol. The van der Waals surface area contributed by atoms with Crippen LogP contribution in [-0.2, 0) is 12.8 Å². The van der Waals surface area contributed by atoms with Gasteiger partial charge in [0.05, 0.1) is 6.26 Å². The number of hydrogen-bond donors (Lipinski definition) is 1. The Hall–Kier alpha value is -1.02. The third kappa shape index (κ3) is 4.82. The van der Waals surface area contributed by atoms with E-state index in [1.165, 1.54) is 37.1 Å². The number of aliphatic imine (C=N–C) groups is 1. The quantitative estimate of drug-likeness (QED) is 0.371. The molecule has 6 heteroatoms. The van der Waals surface area contributed by atoms with E-state index in [-0.39, 0.29) is 24.0 Å². The van der Waals surface area contributed by atoms with E-state index in [2.05, 4.69) is 27.7 Å². The molecule has 0 radical (unpaired) electrons. The van der Waals surface area contributed by atoms with Gasteiger partial charge in [-0.15, -0.1) is 35.3 Å². The summed E-state index contributed by atoms with van der Waals surface area (Å²) >= 11 is 1.82. The second kappa shape index (κ2) is 9.26. The minimum Gasteiger partial charge on any atom is -0.469 e. The van der Waals surface area contributed by atoms with Crippen LogP contribution in [0.4, 0.5) is 0 Å². The standard InChI is InChI=1S/C20H27N3OS.HI/c1-4-17(24-14-1)6-11-21-19(22-12-7-18-5-2-15-25-18)23-13-10-20(16-23)8-3-9-20;/h1-2,4-5,14-15H,3,6-13,16H2,(H,21,22);1H. The SMILES string of the molecule is I.c1coc(CCNC(=NCCc2cccs2)N2CCC3(CCC3)C2)c1. The number of nitrogens with one attached hydrogen (secondary N) is 1. The van der Waals surface area contributed by atoms with E-state index in [1.54, 1.807) is 6.26 Å². The lowest BCUT2D eigenvalue weighted by atomic mass is 9.68. The molecule has 0 amide bonds. The molecule has 0 bridgehead atoms. The molecule has 0 unspecified atom stereocenters. The molecule has 142 valence electrons. The summed E-state index contributed by atoms with van der Waals surface area (Å²) in [6.45, 7) is 4.05. The molecule has 0 atom stereocenters. The highest BCUT2D eigenvalue weighted by Gasteiger charge is 2.43. The fourth-order valence-corrected chi connectivity index (χ4v) is 4.65. The van der Waals surface area contributed by atoms with Gasteiger partial charge in [-0.05, 0) is 48.3 Å². The number of halogens is 1. The Morgan fingerprint density at radius 1 is 1.23 bits per heavy atom. The van der Waals surface area contributed by atoms with E-state index in [0.29, 0.717) is 5.41 Å². The Morgan fingerprint density at radius 3 is 2.81 bits per heavy atom. The summed E-state index contributed by atoms with van der Waals surface area (Å²) in [5.41, 5.74) is 0.594. The first kappa shape index (κ1) is 19.7. The fraction of sp³-hybridized carbons (Fsp3) is 0.550. The van der Waals surface area contributed by atoms with Crippen LogP contribution in [-0.4, -0.2) is 37.0 Å². The Kier molecular flexibility index (Phi) is 7.03. The highest BCUT2D eigenvalue weighted by Crippen LogP contribution is 2.47. The zero-order chi connectivity index (χ0) is 17.0. The third-order valence-corrected chi connectivity index (χ3v) is 6.52. The van der Waals surface area contributed by atoms with Gasteiger partial charge in [0, 0.05) is 43.9 Å². The number of nitrogens with zero attached hydrogens (tertiary/aromatic N) is 2. The molecule has 3 heterocycles. The minimum absolute atomic E-state index is 0. The Morgan fingerprint density at radius 2 is 2.15 bits per heavy atom. The average Bonchev–Trinajstić information content (AvgIpc) is 3.33. The minimum atomic E-state index is 0. The Balaban J connectivity index is 0.00000196. The fourth-order valence-electron chi connectivity index (χ4n) is 3.95. The molecule has 4 nitrogen and oxygen atoms in total. The maximum atomic E-state index is 5.44. The van der Waals surface area contributed by atoms with Gasteiger partial charge in [0.15, 0.2) is 5.96 Å². The van der Waals surface area contributed by atoms with E-state index in [1.807, 2.05) is 23.5 Å². The van der Waals surface area contributed by atoms with E-state index in [0.717, 1.165) is 44.2 Å². The number of guanidine groups is 1. The van der Waals surface area contributed by atoms with E-state index in [4.69, 9.17) is 9.41 Å². The molecule has 0 aromatic carbocycles. The second-order valence-electron chi connectivity index (χ2n) is 7.32. The number of thiophene rings is 1. The van der Waals surface area contributed by atoms with Crippen molar-refractivity contribution >= 4 is 41.3 Å². The summed E-state index contributed by atoms with van der Waals surface area (Å²) < 4.78 is 5.44. The largest absolute Gasteiger partial charge is 0.469 e. The molecular formula is C20H28IN3OS. The van der Waals surface area contributed by atoms with Gasteiger partial charge in [0.2, 0.25) is 0 Å². The molecule has 1 N–H and O–H groups in total. The molecule has 2 aromatic rings. The van der Waals surface area contributed by atoms with E-state index >= 15 is 0 Å². The summed E-state index contributed by atoms with van der Waals surface area (Å²) in [4.78, 5) is 8.83. The average molecular weight is 485 g/mol. The van der Waals surface area contributed by atoms with Crippen molar-refractivity contribution in [2.24, 2.45) is 10.4 Å². The molecule has 4 rings (SSSR count). The van der Waals surface area contributed by atoms with Crippen molar-refractivity contribution in [2.45, 2.75) is 38.5 Å². The third-order valence-electron chi connectivity index (χ3n) is 5.59. The molecule has 26 heavy (non-hydrogen) atoms. The zero-order valence-electron chi connectivity index (χ0n) is 15.2. The first-order valence-corrected chi connectivity index (χ1v) is 10.3. The maximum absolute atomic E-state index is 5.44. The first-order valence-electron chi connectivity index (χ1n) is 9.41. The molecule has 1 saturated heterocycles. The van der Waals surface area contributed by atoms with Gasteiger partial charge in [-0.3, -0.25) is 4.99 Å². The van der Waals surface area contributed by atoms with Crippen LogP contribution in [0.2, 0.25) is 0 Å². The number of likely N-dealkylation sites (tertiary alicyclic amines) is 1. The lowest BCUT2D eigenvalue weighted by Crippen LogP contribution is -2.43. The van der Waals surface area contributed by atoms with Gasteiger partial charge in [-0.25, -0.2) is 0 Å². The van der Waals surface area contributed by atoms with Crippen LogP contribution in [0.3, 0.4) is 0 Å². The van der Waals surface area contributed by atoms with Gasteiger partial charge in [-0.1, -0.05) is 12.5 Å². The van der Waals surface area contributed by atoms with Crippen molar-refractivity contribution in [1.82, 2.24) is 10.2 Å². The molecule has 1 aliphatic carbocycles. The van der Waals surface area contributed by atoms with Crippen molar-refractivity contribution < 1.29 is 4.42 Å². The van der Waals surface area contributed by atoms with Crippen LogP contribution in [0, 0.1) is 5.41 Å². The lowest BCUT2D eigenvalue weighted by Gasteiger charge is -2.38. The second-order valence-corrected chi connectivity index (χ2v) is 8.35. The van der Waals surface area contributed by atoms with Crippen LogP contribution in [0.25, 0.3) is 0 Å². The maximum Gasteiger partial charge on any atom is 0.193 e. The monoisotopic (exact) mass is 485 g/mol. The van der Waals surface area contributed by atoms with Crippen molar-refractivity contribution in [3.63, 3.8) is 0 Å². The van der Waals surface area contributed by atoms with Crippen molar-refractivity contribution in [1.29, 1.82) is 0 Å². The highest BCUT2D eigenvalue weighted by atomic mass is 127. The highest BCUT2D eigenvalue weighted by molar-refractivity contribution is 14.0. The Labute approximate surface area is 177 Å². The van der Waals surface area contributed by atoms with Gasteiger partial charge < -0.3 is 14.6 Å². The topological polar surface area (TPSA) is 40.8 Å². The van der Waals surface area contributed by atoms with E-state index < -0.39 is 0 Å². The molecule has 2 fully saturated rings. The molecule has 2 aliphatic rings. The van der Waals surface area contributed by atoms with Crippen LogP contribution in [0.5, 0.6) is 0 Å². The van der Waals surface area contributed by atoms with Crippen LogP contribution >= 0.6 is 35.3 Å². The molecule has 2 aromatic heterocycles. The van der Waals surface area contributed by atoms with Crippen molar-refractivity contribution in [2.75, 3.05) is 26.2 Å². The summed E-state index contributed by atoms with van der Waals surface area (Å²) in [6, 6.07) is 8.30. The summed E-state index contributed by atoms with van der Waals surface area (Å²) in [7, 11) is 0. The smallest absolute Gasteiger partial charge is 0.193 e. The summed E-state index contributed by atoms with van der Waals surface area (Å²) in [5.74, 6) is 2.12. The summed E-state index contributed by atoms with van der Waals surface area (Å²) in [5, 5.41) is 5.73. The van der Waals surface area contributed by atoms with Crippen LogP contribution in [0.1, 0.15) is 36.3 Å². The predicted molar refractivity (Wildman–Crippen MR) is 119 cm³/mol. The molecule has 1 spiro atoms. The lowest BCUT2D eigenvalue weighted by molar-refractivity contribution is 0.151. The zero-order valence-corrected chi connectivity index (χ0v) is 18.3. The molecule has 1 saturated carbocycles. The first-order chi connectivity index (χ1) is 12.3. The van der Waals surface area contributed by atoms with Gasteiger partial charge >= 0.3 is 0 Å². The van der Waals surface area contributed by atoms with Gasteiger partial charge in [0.1, 0.15) is 5.76 Å². The van der Waals surface area contributed by atoms with E-state index in [9.17, 15) is 0 Å². The number of furan rings is 1.